The van der Waals surface area contributed by atoms with Gasteiger partial charge < -0.3 is 5.32 Å². The second kappa shape index (κ2) is 3.64. The Kier molecular flexibility index (Phi) is 2.49. The van der Waals surface area contributed by atoms with Crippen LogP contribution < -0.4 is 5.32 Å². The van der Waals surface area contributed by atoms with Crippen molar-refractivity contribution in [2.75, 3.05) is 6.54 Å². The molecule has 0 aromatic rings. The Morgan fingerprint density at radius 3 is 3.07 bits per heavy atom. The van der Waals surface area contributed by atoms with Crippen molar-refractivity contribution in [2.24, 2.45) is 5.41 Å². The molecule has 1 aliphatic carbocycles. The van der Waals surface area contributed by atoms with Crippen molar-refractivity contribution in [1.82, 2.24) is 5.32 Å². The Morgan fingerprint density at radius 2 is 2.29 bits per heavy atom. The third kappa shape index (κ3) is 1.52. The van der Waals surface area contributed by atoms with Gasteiger partial charge in [0.05, 0.1) is 0 Å². The number of allylic oxidation sites excluding steroid dienone is 4. The van der Waals surface area contributed by atoms with Crippen molar-refractivity contribution < 1.29 is 0 Å². The zero-order valence-corrected chi connectivity index (χ0v) is 9.14. The van der Waals surface area contributed by atoms with Crippen LogP contribution in [0.1, 0.15) is 33.1 Å². The molecular formula is C13H19N. The highest BCUT2D eigenvalue weighted by atomic mass is 14.9. The van der Waals surface area contributed by atoms with Crippen molar-refractivity contribution in [3.8, 4) is 0 Å². The van der Waals surface area contributed by atoms with Gasteiger partial charge in [-0.05, 0) is 24.5 Å². The highest BCUT2D eigenvalue weighted by Gasteiger charge is 2.30. The fraction of sp³-hybridized carbons (Fsp3) is 0.538. The molecular weight excluding hydrogens is 170 g/mol. The normalized spacial score (nSPS) is 30.1. The summed E-state index contributed by atoms with van der Waals surface area (Å²) in [5.74, 6) is 0. The number of nitrogens with one attached hydrogen (secondary N) is 1. The van der Waals surface area contributed by atoms with Crippen LogP contribution in [0.2, 0.25) is 0 Å². The average molecular weight is 189 g/mol. The van der Waals surface area contributed by atoms with Gasteiger partial charge in [-0.3, -0.25) is 0 Å². The lowest BCUT2D eigenvalue weighted by molar-refractivity contribution is 0.452. The molecule has 0 saturated carbocycles. The molecule has 0 spiro atoms. The molecule has 1 unspecified atom stereocenters. The summed E-state index contributed by atoms with van der Waals surface area (Å²) in [5, 5.41) is 3.46. The molecule has 2 rings (SSSR count). The lowest BCUT2D eigenvalue weighted by Gasteiger charge is -2.27. The summed E-state index contributed by atoms with van der Waals surface area (Å²) in [4.78, 5) is 0. The second-order valence-electron chi connectivity index (χ2n) is 4.45. The Morgan fingerprint density at radius 1 is 1.43 bits per heavy atom. The molecule has 0 bridgehead atoms. The molecule has 1 heterocycles. The highest BCUT2D eigenvalue weighted by Crippen LogP contribution is 2.40. The minimum absolute atomic E-state index is 0.289. The third-order valence-electron chi connectivity index (χ3n) is 3.31. The van der Waals surface area contributed by atoms with Gasteiger partial charge in [0.25, 0.3) is 0 Å². The van der Waals surface area contributed by atoms with Gasteiger partial charge in [-0.1, -0.05) is 38.5 Å². The van der Waals surface area contributed by atoms with Crippen LogP contribution in [0.4, 0.5) is 0 Å². The van der Waals surface area contributed by atoms with E-state index in [9.17, 15) is 0 Å². The van der Waals surface area contributed by atoms with Gasteiger partial charge in [0.1, 0.15) is 0 Å². The quantitative estimate of drug-likeness (QED) is 0.703. The maximum atomic E-state index is 3.46. The maximum absolute atomic E-state index is 3.46. The smallest absolute Gasteiger partial charge is 0.0341 e. The van der Waals surface area contributed by atoms with E-state index < -0.39 is 0 Å². The van der Waals surface area contributed by atoms with Gasteiger partial charge in [-0.2, -0.15) is 0 Å². The molecule has 0 aromatic carbocycles. The van der Waals surface area contributed by atoms with Crippen molar-refractivity contribution in [1.29, 1.82) is 0 Å². The summed E-state index contributed by atoms with van der Waals surface area (Å²) in [7, 11) is 0. The summed E-state index contributed by atoms with van der Waals surface area (Å²) < 4.78 is 0. The van der Waals surface area contributed by atoms with Gasteiger partial charge in [-0.15, -0.1) is 0 Å². The van der Waals surface area contributed by atoms with Crippen LogP contribution in [0.25, 0.3) is 0 Å². The summed E-state index contributed by atoms with van der Waals surface area (Å²) >= 11 is 0. The van der Waals surface area contributed by atoms with E-state index in [0.29, 0.717) is 0 Å². The molecule has 1 heteroatoms. The molecule has 0 amide bonds. The van der Waals surface area contributed by atoms with E-state index in [0.717, 1.165) is 6.54 Å². The topological polar surface area (TPSA) is 12.0 Å². The van der Waals surface area contributed by atoms with Crippen LogP contribution in [-0.4, -0.2) is 6.54 Å². The van der Waals surface area contributed by atoms with Crippen LogP contribution in [-0.2, 0) is 0 Å². The fourth-order valence-corrected chi connectivity index (χ4v) is 2.59. The first-order chi connectivity index (χ1) is 6.76. The van der Waals surface area contributed by atoms with E-state index in [1.165, 1.54) is 25.0 Å². The van der Waals surface area contributed by atoms with Crippen molar-refractivity contribution in [3.63, 3.8) is 0 Å². The van der Waals surface area contributed by atoms with Crippen LogP contribution in [0, 0.1) is 5.41 Å². The first-order valence-electron chi connectivity index (χ1n) is 5.60. The van der Waals surface area contributed by atoms with Crippen molar-refractivity contribution in [2.45, 2.75) is 33.1 Å². The molecule has 0 fully saturated rings. The van der Waals surface area contributed by atoms with Crippen LogP contribution in [0.5, 0.6) is 0 Å². The van der Waals surface area contributed by atoms with Crippen molar-refractivity contribution in [3.05, 3.63) is 35.6 Å². The molecule has 1 atom stereocenters. The molecule has 0 aromatic heterocycles. The number of hydrogen-bond acceptors (Lipinski definition) is 1. The van der Waals surface area contributed by atoms with Crippen LogP contribution in [0.15, 0.2) is 35.6 Å². The zero-order chi connectivity index (χ0) is 10.0. The Balaban J connectivity index is 2.36. The summed E-state index contributed by atoms with van der Waals surface area (Å²) in [6.07, 6.45) is 12.6. The van der Waals surface area contributed by atoms with E-state index in [-0.39, 0.29) is 5.41 Å². The van der Waals surface area contributed by atoms with Gasteiger partial charge >= 0.3 is 0 Å². The first kappa shape index (κ1) is 9.57. The van der Waals surface area contributed by atoms with Gasteiger partial charge in [-0.25, -0.2) is 0 Å². The van der Waals surface area contributed by atoms with E-state index in [1.54, 1.807) is 5.57 Å². The summed E-state index contributed by atoms with van der Waals surface area (Å²) in [5.41, 5.74) is 3.26. The summed E-state index contributed by atoms with van der Waals surface area (Å²) in [6, 6.07) is 0. The Hall–Kier alpha value is -0.980. The molecule has 2 aliphatic rings. The number of hydrogen-bond donors (Lipinski definition) is 1. The van der Waals surface area contributed by atoms with E-state index in [2.05, 4.69) is 43.5 Å². The Labute approximate surface area is 86.6 Å². The average Bonchev–Trinajstić information content (AvgIpc) is 2.57. The van der Waals surface area contributed by atoms with E-state index >= 15 is 0 Å². The third-order valence-corrected chi connectivity index (χ3v) is 3.31. The second-order valence-corrected chi connectivity index (χ2v) is 4.45. The molecule has 0 radical (unpaired) electrons. The first-order valence-corrected chi connectivity index (χ1v) is 5.60. The maximum Gasteiger partial charge on any atom is 0.0341 e. The summed E-state index contributed by atoms with van der Waals surface area (Å²) in [6.45, 7) is 5.74. The molecule has 14 heavy (non-hydrogen) atoms. The predicted octanol–water partition coefficient (Wildman–Crippen LogP) is 3.17. The van der Waals surface area contributed by atoms with Gasteiger partial charge in [0.2, 0.25) is 0 Å². The van der Waals surface area contributed by atoms with E-state index in [4.69, 9.17) is 0 Å². The molecule has 76 valence electrons. The molecule has 1 N–H and O–H groups in total. The zero-order valence-electron chi connectivity index (χ0n) is 9.14. The lowest BCUT2D eigenvalue weighted by atomic mass is 9.77. The van der Waals surface area contributed by atoms with Crippen molar-refractivity contribution >= 4 is 0 Å². The van der Waals surface area contributed by atoms with Crippen LogP contribution >= 0.6 is 0 Å². The SMILES string of the molecule is CCCC1(C)C=CC=CC2=C1CCN2. The van der Waals surface area contributed by atoms with Gasteiger partial charge in [0.15, 0.2) is 0 Å². The monoisotopic (exact) mass is 189 g/mol. The highest BCUT2D eigenvalue weighted by molar-refractivity contribution is 5.39. The molecule has 0 saturated heterocycles. The Bertz CT molecular complexity index is 309. The van der Waals surface area contributed by atoms with E-state index in [1.807, 2.05) is 0 Å². The van der Waals surface area contributed by atoms with Crippen LogP contribution in [0.3, 0.4) is 0 Å². The minimum Gasteiger partial charge on any atom is -0.385 e. The minimum atomic E-state index is 0.289. The lowest BCUT2D eigenvalue weighted by Crippen LogP contribution is -2.16. The van der Waals surface area contributed by atoms with Gasteiger partial charge in [0, 0.05) is 17.7 Å². The molecule has 1 nitrogen and oxygen atoms in total. The number of rotatable bonds is 2. The predicted molar refractivity (Wildman–Crippen MR) is 60.9 cm³/mol. The standard InChI is InChI=1S/C13H19N/c1-3-8-13(2)9-5-4-6-12-11(13)7-10-14-12/h4-6,9,14H,3,7-8,10H2,1-2H3. The largest absolute Gasteiger partial charge is 0.385 e. The fourth-order valence-electron chi connectivity index (χ4n) is 2.59. The molecule has 1 aliphatic heterocycles.